The van der Waals surface area contributed by atoms with Crippen LogP contribution in [0.1, 0.15) is 30.0 Å². The van der Waals surface area contributed by atoms with Gasteiger partial charge in [0.1, 0.15) is 5.75 Å². The lowest BCUT2D eigenvalue weighted by Gasteiger charge is -2.32. The number of aromatic hydroxyl groups is 1. The van der Waals surface area contributed by atoms with E-state index in [1.165, 1.54) is 21.8 Å². The molecule has 2 aromatic carbocycles. The molecule has 5 rings (SSSR count). The predicted octanol–water partition coefficient (Wildman–Crippen LogP) is 2.09. The predicted molar refractivity (Wildman–Crippen MR) is 126 cm³/mol. The zero-order chi connectivity index (χ0) is 23.1. The standard InChI is InChI=1S/C24H28N6O3/c1-2-20(25)18-12-19(22(31)13-21(18)26)23-27-28-24(32)30(23)16-4-3-14-9-17(11-15(14)10-16)29-5-7-33-8-6-29/h3-4,10,12-13,17,25,31H,2,5-9,11,26H2,1H3,(H,28,32). The Bertz CT molecular complexity index is 1270. The molecular weight excluding hydrogens is 420 g/mol. The lowest BCUT2D eigenvalue weighted by Crippen LogP contribution is -2.43. The quantitative estimate of drug-likeness (QED) is 0.349. The minimum Gasteiger partial charge on any atom is -0.507 e. The summed E-state index contributed by atoms with van der Waals surface area (Å²) in [7, 11) is 0. The first-order valence-electron chi connectivity index (χ1n) is 11.3. The average molecular weight is 449 g/mol. The Labute approximate surface area is 191 Å². The normalized spacial score (nSPS) is 18.4. The fourth-order valence-corrected chi connectivity index (χ4v) is 4.87. The average Bonchev–Trinajstić information content (AvgIpc) is 3.42. The Morgan fingerprint density at radius 2 is 2.00 bits per heavy atom. The summed E-state index contributed by atoms with van der Waals surface area (Å²) in [6.07, 6.45) is 2.41. The van der Waals surface area contributed by atoms with Gasteiger partial charge < -0.3 is 21.0 Å². The summed E-state index contributed by atoms with van der Waals surface area (Å²) in [5, 5.41) is 25.5. The van der Waals surface area contributed by atoms with E-state index in [4.69, 9.17) is 15.9 Å². The highest BCUT2D eigenvalue weighted by atomic mass is 16.5. The van der Waals surface area contributed by atoms with E-state index in [1.807, 2.05) is 19.1 Å². The van der Waals surface area contributed by atoms with Gasteiger partial charge in [0.2, 0.25) is 0 Å². The van der Waals surface area contributed by atoms with E-state index in [2.05, 4.69) is 21.2 Å². The van der Waals surface area contributed by atoms with Gasteiger partial charge >= 0.3 is 5.69 Å². The first-order valence-corrected chi connectivity index (χ1v) is 11.3. The summed E-state index contributed by atoms with van der Waals surface area (Å²) in [6.45, 7) is 5.31. The van der Waals surface area contributed by atoms with Gasteiger partial charge in [-0.1, -0.05) is 13.0 Å². The fourth-order valence-electron chi connectivity index (χ4n) is 4.87. The first kappa shape index (κ1) is 21.4. The molecule has 0 amide bonds. The molecule has 9 nitrogen and oxygen atoms in total. The third kappa shape index (κ3) is 3.83. The maximum Gasteiger partial charge on any atom is 0.348 e. The van der Waals surface area contributed by atoms with Crippen LogP contribution in [0.4, 0.5) is 5.69 Å². The topological polar surface area (TPSA) is 133 Å². The molecule has 1 aromatic heterocycles. The van der Waals surface area contributed by atoms with Crippen molar-refractivity contribution in [3.8, 4) is 22.8 Å². The molecule has 0 saturated carbocycles. The number of nitrogens with one attached hydrogen (secondary N) is 2. The molecule has 0 radical (unpaired) electrons. The fraction of sp³-hybridized carbons (Fsp3) is 0.375. The molecule has 1 fully saturated rings. The molecule has 5 N–H and O–H groups in total. The van der Waals surface area contributed by atoms with E-state index < -0.39 is 5.69 Å². The Morgan fingerprint density at radius 1 is 1.24 bits per heavy atom. The van der Waals surface area contributed by atoms with Crippen LogP contribution < -0.4 is 11.4 Å². The Balaban J connectivity index is 1.52. The number of phenols is 1. The second-order valence-corrected chi connectivity index (χ2v) is 8.64. The van der Waals surface area contributed by atoms with E-state index in [0.717, 1.165) is 39.1 Å². The van der Waals surface area contributed by atoms with Crippen LogP contribution in [-0.4, -0.2) is 62.8 Å². The monoisotopic (exact) mass is 448 g/mol. The Hall–Kier alpha value is -3.43. The number of phenolic OH excluding ortho intramolecular Hbond substituents is 1. The number of H-pyrrole nitrogens is 1. The third-order valence-electron chi connectivity index (χ3n) is 6.68. The van der Waals surface area contributed by atoms with Crippen molar-refractivity contribution in [3.63, 3.8) is 0 Å². The van der Waals surface area contributed by atoms with Crippen molar-refractivity contribution >= 4 is 11.4 Å². The molecule has 1 unspecified atom stereocenters. The number of nitrogens with zero attached hydrogens (tertiary/aromatic N) is 3. The van der Waals surface area contributed by atoms with Crippen LogP contribution in [0.5, 0.6) is 5.75 Å². The van der Waals surface area contributed by atoms with Crippen molar-refractivity contribution in [1.82, 2.24) is 19.7 Å². The van der Waals surface area contributed by atoms with Gasteiger partial charge in [0.15, 0.2) is 5.82 Å². The molecule has 9 heteroatoms. The zero-order valence-corrected chi connectivity index (χ0v) is 18.6. The van der Waals surface area contributed by atoms with E-state index in [0.29, 0.717) is 40.7 Å². The summed E-state index contributed by atoms with van der Waals surface area (Å²) < 4.78 is 6.95. The molecule has 172 valence electrons. The lowest BCUT2D eigenvalue weighted by atomic mass is 10.0. The van der Waals surface area contributed by atoms with Gasteiger partial charge in [0.05, 0.1) is 24.5 Å². The number of ether oxygens (including phenoxy) is 1. The van der Waals surface area contributed by atoms with Crippen molar-refractivity contribution in [2.75, 3.05) is 32.0 Å². The second kappa shape index (κ2) is 8.49. The summed E-state index contributed by atoms with van der Waals surface area (Å²) in [5.41, 5.74) is 10.4. The van der Waals surface area contributed by atoms with Crippen molar-refractivity contribution < 1.29 is 9.84 Å². The van der Waals surface area contributed by atoms with Crippen LogP contribution in [-0.2, 0) is 17.6 Å². The number of benzene rings is 2. The summed E-state index contributed by atoms with van der Waals surface area (Å²) in [6, 6.07) is 9.53. The number of rotatable bonds is 5. The number of hydrogen-bond donors (Lipinski definition) is 4. The number of hydrogen-bond acceptors (Lipinski definition) is 7. The SMILES string of the molecule is CCC(=N)c1cc(-c2n[nH]c(=O)n2-c2ccc3c(c2)CC(N2CCOCC2)C3)c(O)cc1N. The lowest BCUT2D eigenvalue weighted by molar-refractivity contribution is 0.0187. The van der Waals surface area contributed by atoms with Crippen LogP contribution in [0, 0.1) is 5.41 Å². The van der Waals surface area contributed by atoms with E-state index in [-0.39, 0.29) is 11.6 Å². The highest BCUT2D eigenvalue weighted by molar-refractivity contribution is 6.04. The molecular formula is C24H28N6O3. The molecule has 3 aromatic rings. The minimum atomic E-state index is -0.393. The Morgan fingerprint density at radius 3 is 2.76 bits per heavy atom. The number of morpholine rings is 1. The van der Waals surface area contributed by atoms with Crippen molar-refractivity contribution in [2.45, 2.75) is 32.2 Å². The molecule has 1 saturated heterocycles. The summed E-state index contributed by atoms with van der Waals surface area (Å²) in [5.74, 6) is 0.194. The van der Waals surface area contributed by atoms with Gasteiger partial charge in [-0.25, -0.2) is 14.5 Å². The highest BCUT2D eigenvalue weighted by Gasteiger charge is 2.29. The van der Waals surface area contributed by atoms with Gasteiger partial charge in [-0.15, -0.1) is 0 Å². The van der Waals surface area contributed by atoms with Crippen molar-refractivity contribution in [2.24, 2.45) is 0 Å². The first-order chi connectivity index (χ1) is 16.0. The van der Waals surface area contributed by atoms with Crippen LogP contribution in [0.2, 0.25) is 0 Å². The summed E-state index contributed by atoms with van der Waals surface area (Å²) >= 11 is 0. The van der Waals surface area contributed by atoms with Crippen molar-refractivity contribution in [1.29, 1.82) is 5.41 Å². The largest absolute Gasteiger partial charge is 0.507 e. The molecule has 2 heterocycles. The number of aromatic amines is 1. The van der Waals surface area contributed by atoms with E-state index in [1.54, 1.807) is 6.07 Å². The molecule has 0 spiro atoms. The van der Waals surface area contributed by atoms with E-state index >= 15 is 0 Å². The van der Waals surface area contributed by atoms with Gasteiger partial charge in [-0.05, 0) is 48.6 Å². The molecule has 33 heavy (non-hydrogen) atoms. The molecule has 1 aliphatic heterocycles. The maximum absolute atomic E-state index is 12.8. The van der Waals surface area contributed by atoms with Crippen LogP contribution in [0.3, 0.4) is 0 Å². The maximum atomic E-state index is 12.8. The van der Waals surface area contributed by atoms with Gasteiger partial charge in [-0.2, -0.15) is 5.10 Å². The second-order valence-electron chi connectivity index (χ2n) is 8.64. The van der Waals surface area contributed by atoms with E-state index in [9.17, 15) is 9.90 Å². The smallest absolute Gasteiger partial charge is 0.348 e. The van der Waals surface area contributed by atoms with Crippen LogP contribution in [0.15, 0.2) is 35.1 Å². The van der Waals surface area contributed by atoms with Gasteiger partial charge in [-0.3, -0.25) is 4.90 Å². The molecule has 2 aliphatic rings. The minimum absolute atomic E-state index is 0.0889. The van der Waals surface area contributed by atoms with Gasteiger partial charge in [0, 0.05) is 42.2 Å². The van der Waals surface area contributed by atoms with Crippen molar-refractivity contribution in [3.05, 3.63) is 57.5 Å². The number of nitrogens with two attached hydrogens (primary N) is 1. The van der Waals surface area contributed by atoms with Crippen LogP contribution >= 0.6 is 0 Å². The third-order valence-corrected chi connectivity index (χ3v) is 6.68. The molecule has 1 aliphatic carbocycles. The zero-order valence-electron chi connectivity index (χ0n) is 18.6. The number of fused-ring (bicyclic) bond motifs is 1. The Kier molecular flexibility index (Phi) is 5.51. The van der Waals surface area contributed by atoms with Gasteiger partial charge in [0.25, 0.3) is 0 Å². The number of nitrogen functional groups attached to an aromatic ring is 1. The molecule has 0 bridgehead atoms. The number of anilines is 1. The van der Waals surface area contributed by atoms with Crippen LogP contribution in [0.25, 0.3) is 17.1 Å². The summed E-state index contributed by atoms with van der Waals surface area (Å²) in [4.78, 5) is 15.2. The highest BCUT2D eigenvalue weighted by Crippen LogP contribution is 2.34. The molecule has 1 atom stereocenters. The number of aromatic nitrogens is 3.